The molecule has 2 aromatic carbocycles. The van der Waals surface area contributed by atoms with Gasteiger partial charge in [0, 0.05) is 31.4 Å². The van der Waals surface area contributed by atoms with E-state index in [9.17, 15) is 0 Å². The molecule has 0 aliphatic rings. The molecule has 0 saturated carbocycles. The zero-order valence-electron chi connectivity index (χ0n) is 12.8. The van der Waals surface area contributed by atoms with Crippen molar-refractivity contribution in [1.29, 1.82) is 0 Å². The van der Waals surface area contributed by atoms with Crippen LogP contribution in [0.2, 0.25) is 0 Å². The molecule has 0 fully saturated rings. The molecule has 0 radical (unpaired) electrons. The lowest BCUT2D eigenvalue weighted by Gasteiger charge is -2.16. The van der Waals surface area contributed by atoms with E-state index in [1.165, 1.54) is 0 Å². The molecule has 0 aromatic heterocycles. The normalized spacial score (nSPS) is 10.8. The van der Waals surface area contributed by atoms with E-state index in [0.717, 1.165) is 22.7 Å². The summed E-state index contributed by atoms with van der Waals surface area (Å²) in [5, 5.41) is 8.48. The van der Waals surface area contributed by atoms with Crippen molar-refractivity contribution < 1.29 is 4.74 Å². The molecule has 0 heterocycles. The zero-order chi connectivity index (χ0) is 15.1. The summed E-state index contributed by atoms with van der Waals surface area (Å²) in [4.78, 5) is 2.05. The first-order valence-electron chi connectivity index (χ1n) is 7.06. The van der Waals surface area contributed by atoms with Crippen molar-refractivity contribution in [3.05, 3.63) is 54.1 Å². The van der Waals surface area contributed by atoms with Crippen LogP contribution in [0, 0.1) is 0 Å². The van der Waals surface area contributed by atoms with Gasteiger partial charge >= 0.3 is 0 Å². The molecule has 2 aromatic rings. The standard InChI is InChI=1S/C17H21N3O/c1-4-21-17-12-16(20(2)3)11-10-14(17)13-18-19-15-8-6-5-7-9-15/h5-12H,4,13H2,1-3H3. The van der Waals surface area contributed by atoms with Gasteiger partial charge < -0.3 is 9.64 Å². The van der Waals surface area contributed by atoms with Crippen LogP contribution in [-0.4, -0.2) is 20.7 Å². The fraction of sp³-hybridized carbons (Fsp3) is 0.294. The first-order chi connectivity index (χ1) is 10.2. The molecular weight excluding hydrogens is 262 g/mol. The number of benzene rings is 2. The smallest absolute Gasteiger partial charge is 0.126 e. The fourth-order valence-corrected chi connectivity index (χ4v) is 1.93. The molecule has 4 nitrogen and oxygen atoms in total. The van der Waals surface area contributed by atoms with E-state index < -0.39 is 0 Å². The van der Waals surface area contributed by atoms with Crippen molar-refractivity contribution in [2.45, 2.75) is 13.5 Å². The van der Waals surface area contributed by atoms with Gasteiger partial charge in [-0.25, -0.2) is 0 Å². The van der Waals surface area contributed by atoms with Gasteiger partial charge in [-0.05, 0) is 25.1 Å². The van der Waals surface area contributed by atoms with Crippen LogP contribution < -0.4 is 9.64 Å². The van der Waals surface area contributed by atoms with Crippen LogP contribution in [0.3, 0.4) is 0 Å². The summed E-state index contributed by atoms with van der Waals surface area (Å²) in [6.45, 7) is 3.13. The lowest BCUT2D eigenvalue weighted by molar-refractivity contribution is 0.336. The minimum atomic E-state index is 0.512. The van der Waals surface area contributed by atoms with Crippen LogP contribution in [0.5, 0.6) is 5.75 Å². The Morgan fingerprint density at radius 3 is 2.48 bits per heavy atom. The molecule has 0 aliphatic carbocycles. The lowest BCUT2D eigenvalue weighted by Crippen LogP contribution is -2.09. The summed E-state index contributed by atoms with van der Waals surface area (Å²) in [5.41, 5.74) is 3.02. The monoisotopic (exact) mass is 283 g/mol. The SMILES string of the molecule is CCOc1cc(N(C)C)ccc1CN=Nc1ccccc1. The van der Waals surface area contributed by atoms with E-state index >= 15 is 0 Å². The van der Waals surface area contributed by atoms with E-state index in [4.69, 9.17) is 4.74 Å². The zero-order valence-corrected chi connectivity index (χ0v) is 12.8. The van der Waals surface area contributed by atoms with E-state index in [2.05, 4.69) is 21.2 Å². The molecule has 4 heteroatoms. The Bertz CT molecular complexity index is 594. The van der Waals surface area contributed by atoms with Crippen LogP contribution in [0.25, 0.3) is 0 Å². The molecular formula is C17H21N3O. The highest BCUT2D eigenvalue weighted by atomic mass is 16.5. The van der Waals surface area contributed by atoms with Crippen molar-refractivity contribution in [3.63, 3.8) is 0 Å². The second-order valence-corrected chi connectivity index (χ2v) is 4.85. The Labute approximate surface area is 126 Å². The van der Waals surface area contributed by atoms with Gasteiger partial charge in [-0.1, -0.05) is 24.3 Å². The summed E-state index contributed by atoms with van der Waals surface area (Å²) in [5.74, 6) is 0.871. The maximum atomic E-state index is 5.70. The van der Waals surface area contributed by atoms with Crippen LogP contribution in [-0.2, 0) is 6.54 Å². The minimum Gasteiger partial charge on any atom is -0.493 e. The topological polar surface area (TPSA) is 37.2 Å². The third-order valence-electron chi connectivity index (χ3n) is 3.05. The highest BCUT2D eigenvalue weighted by molar-refractivity contribution is 5.53. The number of nitrogens with zero attached hydrogens (tertiary/aromatic N) is 3. The summed E-state index contributed by atoms with van der Waals surface area (Å²) < 4.78 is 5.70. The number of hydrogen-bond donors (Lipinski definition) is 0. The third-order valence-corrected chi connectivity index (χ3v) is 3.05. The molecule has 0 saturated heterocycles. The van der Waals surface area contributed by atoms with Crippen molar-refractivity contribution in [3.8, 4) is 5.75 Å². The predicted molar refractivity (Wildman–Crippen MR) is 86.6 cm³/mol. The fourth-order valence-electron chi connectivity index (χ4n) is 1.93. The van der Waals surface area contributed by atoms with Crippen LogP contribution >= 0.6 is 0 Å². The predicted octanol–water partition coefficient (Wildman–Crippen LogP) is 4.44. The van der Waals surface area contributed by atoms with E-state index in [-0.39, 0.29) is 0 Å². The van der Waals surface area contributed by atoms with Gasteiger partial charge in [0.25, 0.3) is 0 Å². The second kappa shape index (κ2) is 7.43. The Morgan fingerprint density at radius 2 is 1.81 bits per heavy atom. The molecule has 110 valence electrons. The summed E-state index contributed by atoms with van der Waals surface area (Å²) in [7, 11) is 4.03. The third kappa shape index (κ3) is 4.31. The lowest BCUT2D eigenvalue weighted by atomic mass is 10.1. The summed E-state index contributed by atoms with van der Waals surface area (Å²) in [6, 6.07) is 15.9. The molecule has 21 heavy (non-hydrogen) atoms. The van der Waals surface area contributed by atoms with Gasteiger partial charge in [0.05, 0.1) is 18.8 Å². The largest absolute Gasteiger partial charge is 0.493 e. The van der Waals surface area contributed by atoms with Gasteiger partial charge in [-0.2, -0.15) is 10.2 Å². The molecule has 2 rings (SSSR count). The van der Waals surface area contributed by atoms with Crippen LogP contribution in [0.4, 0.5) is 11.4 Å². The van der Waals surface area contributed by atoms with Crippen molar-refractivity contribution in [1.82, 2.24) is 0 Å². The molecule has 0 bridgehead atoms. The van der Waals surface area contributed by atoms with Gasteiger partial charge in [-0.15, -0.1) is 0 Å². The van der Waals surface area contributed by atoms with Crippen LogP contribution in [0.1, 0.15) is 12.5 Å². The van der Waals surface area contributed by atoms with Gasteiger partial charge in [0.1, 0.15) is 5.75 Å². The van der Waals surface area contributed by atoms with E-state index in [1.807, 2.05) is 63.5 Å². The van der Waals surface area contributed by atoms with Crippen molar-refractivity contribution in [2.75, 3.05) is 25.6 Å². The molecule has 0 amide bonds. The highest BCUT2D eigenvalue weighted by Gasteiger charge is 2.06. The molecule has 0 N–H and O–H groups in total. The van der Waals surface area contributed by atoms with Crippen molar-refractivity contribution >= 4 is 11.4 Å². The van der Waals surface area contributed by atoms with Gasteiger partial charge in [0.15, 0.2) is 0 Å². The van der Waals surface area contributed by atoms with Gasteiger partial charge in [0.2, 0.25) is 0 Å². The van der Waals surface area contributed by atoms with E-state index in [0.29, 0.717) is 13.2 Å². The number of azo groups is 1. The Balaban J connectivity index is 2.13. The summed E-state index contributed by atoms with van der Waals surface area (Å²) >= 11 is 0. The van der Waals surface area contributed by atoms with E-state index in [1.54, 1.807) is 0 Å². The van der Waals surface area contributed by atoms with Crippen LogP contribution in [0.15, 0.2) is 58.8 Å². The average Bonchev–Trinajstić information content (AvgIpc) is 2.50. The minimum absolute atomic E-state index is 0.512. The maximum Gasteiger partial charge on any atom is 0.126 e. The van der Waals surface area contributed by atoms with Crippen molar-refractivity contribution in [2.24, 2.45) is 10.2 Å². The average molecular weight is 283 g/mol. The Hall–Kier alpha value is -2.36. The molecule has 0 unspecified atom stereocenters. The molecule has 0 aliphatic heterocycles. The Kier molecular flexibility index (Phi) is 5.32. The first kappa shape index (κ1) is 15.0. The van der Waals surface area contributed by atoms with Gasteiger partial charge in [-0.3, -0.25) is 0 Å². The first-order valence-corrected chi connectivity index (χ1v) is 7.06. The number of hydrogen-bond acceptors (Lipinski definition) is 4. The Morgan fingerprint density at radius 1 is 1.05 bits per heavy atom. The number of rotatable bonds is 6. The maximum absolute atomic E-state index is 5.70. The summed E-state index contributed by atoms with van der Waals surface area (Å²) in [6.07, 6.45) is 0. The number of ether oxygens (including phenoxy) is 1. The number of anilines is 1. The molecule has 0 spiro atoms. The molecule has 0 atom stereocenters. The highest BCUT2D eigenvalue weighted by Crippen LogP contribution is 2.26. The quantitative estimate of drug-likeness (QED) is 0.735. The second-order valence-electron chi connectivity index (χ2n) is 4.85.